The molecule has 0 bridgehead atoms. The second-order valence-electron chi connectivity index (χ2n) is 5.24. The first-order chi connectivity index (χ1) is 7.70. The maximum Gasteiger partial charge on any atom is 0.0547 e. The molecule has 0 N–H and O–H groups in total. The molecule has 0 aliphatic heterocycles. The molecule has 0 amide bonds. The lowest BCUT2D eigenvalue weighted by atomic mass is 10.0. The van der Waals surface area contributed by atoms with Crippen molar-refractivity contribution in [1.82, 2.24) is 0 Å². The van der Waals surface area contributed by atoms with Crippen molar-refractivity contribution in [2.75, 3.05) is 6.61 Å². The number of unbranched alkanes of at least 4 members (excludes halogenated alkanes) is 4. The van der Waals surface area contributed by atoms with Crippen LogP contribution >= 0.6 is 0 Å². The van der Waals surface area contributed by atoms with Gasteiger partial charge in [0.05, 0.1) is 6.10 Å². The summed E-state index contributed by atoms with van der Waals surface area (Å²) in [5.74, 6) is 0.736. The summed E-state index contributed by atoms with van der Waals surface area (Å²) >= 11 is 0. The minimum Gasteiger partial charge on any atom is -0.378 e. The highest BCUT2D eigenvalue weighted by atomic mass is 16.5. The molecular weight excluding hydrogens is 196 g/mol. The van der Waals surface area contributed by atoms with E-state index in [1.165, 1.54) is 51.4 Å². The first kappa shape index (κ1) is 16.0. The quantitative estimate of drug-likeness (QED) is 0.442. The van der Waals surface area contributed by atoms with Crippen LogP contribution in [0.5, 0.6) is 0 Å². The molecule has 0 radical (unpaired) electrons. The van der Waals surface area contributed by atoms with Crippen LogP contribution in [0, 0.1) is 5.92 Å². The van der Waals surface area contributed by atoms with E-state index in [2.05, 4.69) is 27.7 Å². The van der Waals surface area contributed by atoms with E-state index in [1.54, 1.807) is 0 Å². The molecule has 98 valence electrons. The summed E-state index contributed by atoms with van der Waals surface area (Å²) in [6.07, 6.45) is 11.1. The van der Waals surface area contributed by atoms with E-state index < -0.39 is 0 Å². The van der Waals surface area contributed by atoms with E-state index in [1.807, 2.05) is 0 Å². The van der Waals surface area contributed by atoms with Crippen molar-refractivity contribution in [3.8, 4) is 0 Å². The Bertz CT molecular complexity index is 117. The Labute approximate surface area is 103 Å². The number of hydrogen-bond acceptors (Lipinski definition) is 1. The molecule has 0 fully saturated rings. The molecule has 1 nitrogen and oxygen atoms in total. The molecule has 0 rings (SSSR count). The molecule has 0 saturated carbocycles. The van der Waals surface area contributed by atoms with E-state index in [9.17, 15) is 0 Å². The topological polar surface area (TPSA) is 9.23 Å². The van der Waals surface area contributed by atoms with Gasteiger partial charge < -0.3 is 4.74 Å². The molecule has 2 unspecified atom stereocenters. The van der Waals surface area contributed by atoms with E-state index in [0.29, 0.717) is 6.10 Å². The fourth-order valence-electron chi connectivity index (χ4n) is 1.92. The molecule has 0 aliphatic carbocycles. The standard InChI is InChI=1S/C15H32O/c1-5-7-9-11-14(3)13-16-15(4)12-10-8-6-2/h14-15H,5-13H2,1-4H3. The summed E-state index contributed by atoms with van der Waals surface area (Å²) < 4.78 is 5.88. The summed E-state index contributed by atoms with van der Waals surface area (Å²) in [7, 11) is 0. The first-order valence-corrected chi connectivity index (χ1v) is 7.32. The van der Waals surface area contributed by atoms with Crippen LogP contribution in [0.4, 0.5) is 0 Å². The first-order valence-electron chi connectivity index (χ1n) is 7.32. The van der Waals surface area contributed by atoms with Gasteiger partial charge >= 0.3 is 0 Å². The highest BCUT2D eigenvalue weighted by Gasteiger charge is 2.06. The summed E-state index contributed by atoms with van der Waals surface area (Å²) in [5, 5.41) is 0. The largest absolute Gasteiger partial charge is 0.378 e. The number of hydrogen-bond donors (Lipinski definition) is 0. The minimum absolute atomic E-state index is 0.458. The van der Waals surface area contributed by atoms with Crippen LogP contribution in [0.3, 0.4) is 0 Å². The SMILES string of the molecule is CCCCCC(C)COC(C)CCCCC. The lowest BCUT2D eigenvalue weighted by molar-refractivity contribution is 0.0353. The van der Waals surface area contributed by atoms with Crippen molar-refractivity contribution in [3.05, 3.63) is 0 Å². The van der Waals surface area contributed by atoms with E-state index >= 15 is 0 Å². The van der Waals surface area contributed by atoms with Gasteiger partial charge in [-0.1, -0.05) is 59.3 Å². The van der Waals surface area contributed by atoms with Crippen LogP contribution in [-0.2, 0) is 4.74 Å². The summed E-state index contributed by atoms with van der Waals surface area (Å²) in [5.41, 5.74) is 0. The van der Waals surface area contributed by atoms with Crippen molar-refractivity contribution in [2.24, 2.45) is 5.92 Å². The molecule has 0 aromatic carbocycles. The fourth-order valence-corrected chi connectivity index (χ4v) is 1.92. The van der Waals surface area contributed by atoms with Crippen molar-refractivity contribution in [1.29, 1.82) is 0 Å². The Morgan fingerprint density at radius 1 is 0.812 bits per heavy atom. The van der Waals surface area contributed by atoms with Crippen LogP contribution in [0.2, 0.25) is 0 Å². The van der Waals surface area contributed by atoms with Gasteiger partial charge in [-0.15, -0.1) is 0 Å². The van der Waals surface area contributed by atoms with Crippen molar-refractivity contribution in [2.45, 2.75) is 85.2 Å². The average molecular weight is 228 g/mol. The average Bonchev–Trinajstić information content (AvgIpc) is 2.27. The number of rotatable bonds is 11. The molecule has 0 heterocycles. The zero-order chi connectivity index (χ0) is 12.2. The van der Waals surface area contributed by atoms with Crippen LogP contribution in [0.15, 0.2) is 0 Å². The molecule has 0 aliphatic rings. The van der Waals surface area contributed by atoms with Crippen molar-refractivity contribution >= 4 is 0 Å². The fraction of sp³-hybridized carbons (Fsp3) is 1.00. The predicted octanol–water partition coefficient (Wildman–Crippen LogP) is 5.19. The second kappa shape index (κ2) is 11.4. The molecule has 1 heteroatoms. The van der Waals surface area contributed by atoms with Gasteiger partial charge in [0.1, 0.15) is 0 Å². The maximum atomic E-state index is 5.88. The van der Waals surface area contributed by atoms with E-state index in [0.717, 1.165) is 12.5 Å². The lowest BCUT2D eigenvalue weighted by Crippen LogP contribution is -2.14. The predicted molar refractivity (Wildman–Crippen MR) is 72.9 cm³/mol. The van der Waals surface area contributed by atoms with Gasteiger partial charge in [-0.25, -0.2) is 0 Å². The van der Waals surface area contributed by atoms with Gasteiger partial charge in [-0.05, 0) is 25.7 Å². The van der Waals surface area contributed by atoms with Crippen LogP contribution < -0.4 is 0 Å². The molecule has 0 aromatic heterocycles. The van der Waals surface area contributed by atoms with E-state index in [-0.39, 0.29) is 0 Å². The minimum atomic E-state index is 0.458. The van der Waals surface area contributed by atoms with Gasteiger partial charge in [-0.3, -0.25) is 0 Å². The Hall–Kier alpha value is -0.0400. The molecule has 2 atom stereocenters. The third kappa shape index (κ3) is 10.5. The maximum absolute atomic E-state index is 5.88. The third-order valence-corrected chi connectivity index (χ3v) is 3.18. The number of ether oxygens (including phenoxy) is 1. The smallest absolute Gasteiger partial charge is 0.0547 e. The molecular formula is C15H32O. The molecule has 0 saturated heterocycles. The van der Waals surface area contributed by atoms with Crippen molar-refractivity contribution < 1.29 is 4.74 Å². The highest BCUT2D eigenvalue weighted by molar-refractivity contribution is 4.56. The second-order valence-corrected chi connectivity index (χ2v) is 5.24. The highest BCUT2D eigenvalue weighted by Crippen LogP contribution is 2.12. The third-order valence-electron chi connectivity index (χ3n) is 3.18. The summed E-state index contributed by atoms with van der Waals surface area (Å²) in [6.45, 7) is 10.00. The normalized spacial score (nSPS) is 15.0. The zero-order valence-electron chi connectivity index (χ0n) is 11.9. The van der Waals surface area contributed by atoms with Gasteiger partial charge in [0, 0.05) is 6.61 Å². The Balaban J connectivity index is 3.32. The Kier molecular flexibility index (Phi) is 11.4. The summed E-state index contributed by atoms with van der Waals surface area (Å²) in [4.78, 5) is 0. The van der Waals surface area contributed by atoms with Crippen molar-refractivity contribution in [3.63, 3.8) is 0 Å². The molecule has 16 heavy (non-hydrogen) atoms. The Morgan fingerprint density at radius 2 is 1.38 bits per heavy atom. The van der Waals surface area contributed by atoms with Gasteiger partial charge in [0.15, 0.2) is 0 Å². The summed E-state index contributed by atoms with van der Waals surface area (Å²) in [6, 6.07) is 0. The molecule has 0 aromatic rings. The zero-order valence-corrected chi connectivity index (χ0v) is 11.9. The van der Waals surface area contributed by atoms with Crippen LogP contribution in [-0.4, -0.2) is 12.7 Å². The monoisotopic (exact) mass is 228 g/mol. The Morgan fingerprint density at radius 3 is 1.94 bits per heavy atom. The van der Waals surface area contributed by atoms with Gasteiger partial charge in [0.25, 0.3) is 0 Å². The van der Waals surface area contributed by atoms with E-state index in [4.69, 9.17) is 4.74 Å². The van der Waals surface area contributed by atoms with Gasteiger partial charge in [0.2, 0.25) is 0 Å². The van der Waals surface area contributed by atoms with Crippen LogP contribution in [0.1, 0.15) is 79.1 Å². The lowest BCUT2D eigenvalue weighted by Gasteiger charge is -2.16. The molecule has 0 spiro atoms. The van der Waals surface area contributed by atoms with Gasteiger partial charge in [-0.2, -0.15) is 0 Å². The van der Waals surface area contributed by atoms with Crippen LogP contribution in [0.25, 0.3) is 0 Å².